The molecule has 0 fully saturated rings. The molecule has 0 bridgehead atoms. The minimum absolute atomic E-state index is 0.178. The Labute approximate surface area is 117 Å². The van der Waals surface area contributed by atoms with E-state index in [0.717, 1.165) is 11.1 Å². The van der Waals surface area contributed by atoms with Crippen LogP contribution in [0.4, 0.5) is 5.69 Å². The van der Waals surface area contributed by atoms with Gasteiger partial charge in [0.15, 0.2) is 0 Å². The number of hydrogen-bond donors (Lipinski definition) is 2. The molecule has 0 aromatic heterocycles. The molecule has 0 saturated carbocycles. The highest BCUT2D eigenvalue weighted by molar-refractivity contribution is 5.95. The third kappa shape index (κ3) is 3.36. The number of carbonyl (C=O) groups is 1. The molecule has 0 radical (unpaired) electrons. The van der Waals surface area contributed by atoms with E-state index in [-0.39, 0.29) is 5.91 Å². The Morgan fingerprint density at radius 1 is 1.30 bits per heavy atom. The Hall–Kier alpha value is -2.80. The van der Waals surface area contributed by atoms with Gasteiger partial charge < -0.3 is 11.1 Å². The maximum atomic E-state index is 12.0. The molecule has 0 unspecified atom stereocenters. The summed E-state index contributed by atoms with van der Waals surface area (Å²) in [5.74, 6) is -0.178. The molecule has 100 valence electrons. The van der Waals surface area contributed by atoms with Gasteiger partial charge in [-0.15, -0.1) is 0 Å². The molecule has 2 rings (SSSR count). The lowest BCUT2D eigenvalue weighted by atomic mass is 10.1. The van der Waals surface area contributed by atoms with Gasteiger partial charge >= 0.3 is 0 Å². The predicted octanol–water partition coefficient (Wildman–Crippen LogP) is 2.38. The van der Waals surface area contributed by atoms with Crippen molar-refractivity contribution in [2.45, 2.75) is 13.5 Å². The zero-order valence-corrected chi connectivity index (χ0v) is 11.2. The van der Waals surface area contributed by atoms with Crippen molar-refractivity contribution in [2.75, 3.05) is 5.73 Å². The van der Waals surface area contributed by atoms with Crippen molar-refractivity contribution in [3.8, 4) is 6.07 Å². The van der Waals surface area contributed by atoms with Gasteiger partial charge in [-0.1, -0.05) is 12.1 Å². The topological polar surface area (TPSA) is 78.9 Å². The van der Waals surface area contributed by atoms with E-state index in [1.807, 2.05) is 19.1 Å². The summed E-state index contributed by atoms with van der Waals surface area (Å²) in [6.45, 7) is 2.27. The van der Waals surface area contributed by atoms with Crippen molar-refractivity contribution in [1.29, 1.82) is 5.26 Å². The molecule has 4 nitrogen and oxygen atoms in total. The zero-order chi connectivity index (χ0) is 14.5. The summed E-state index contributed by atoms with van der Waals surface area (Å²) in [4.78, 5) is 12.0. The van der Waals surface area contributed by atoms with Gasteiger partial charge in [0.25, 0.3) is 5.91 Å². The van der Waals surface area contributed by atoms with Crippen molar-refractivity contribution < 1.29 is 4.79 Å². The number of anilines is 1. The molecule has 3 N–H and O–H groups in total. The van der Waals surface area contributed by atoms with Crippen LogP contribution < -0.4 is 11.1 Å². The number of hydrogen-bond acceptors (Lipinski definition) is 3. The maximum absolute atomic E-state index is 12.0. The number of benzene rings is 2. The highest BCUT2D eigenvalue weighted by Crippen LogP contribution is 2.11. The minimum atomic E-state index is -0.178. The van der Waals surface area contributed by atoms with E-state index >= 15 is 0 Å². The van der Waals surface area contributed by atoms with Crippen LogP contribution in [0.1, 0.15) is 27.0 Å². The van der Waals surface area contributed by atoms with Crippen molar-refractivity contribution in [1.82, 2.24) is 5.32 Å². The first-order valence-electron chi connectivity index (χ1n) is 6.23. The Morgan fingerprint density at radius 2 is 2.10 bits per heavy atom. The third-order valence-electron chi connectivity index (χ3n) is 2.87. The van der Waals surface area contributed by atoms with E-state index in [1.54, 1.807) is 30.3 Å². The fourth-order valence-corrected chi connectivity index (χ4v) is 1.98. The van der Waals surface area contributed by atoms with Crippen LogP contribution >= 0.6 is 0 Å². The van der Waals surface area contributed by atoms with Crippen LogP contribution in [0, 0.1) is 18.3 Å². The highest BCUT2D eigenvalue weighted by atomic mass is 16.1. The Bertz CT molecular complexity index is 666. The van der Waals surface area contributed by atoms with E-state index in [0.29, 0.717) is 23.4 Å². The van der Waals surface area contributed by atoms with Crippen LogP contribution in [0.3, 0.4) is 0 Å². The zero-order valence-electron chi connectivity index (χ0n) is 11.2. The summed E-state index contributed by atoms with van der Waals surface area (Å²) in [7, 11) is 0. The summed E-state index contributed by atoms with van der Waals surface area (Å²) in [6.07, 6.45) is 0. The SMILES string of the molecule is Cc1cc(N)cc(C(=O)NCc2cccc(C#N)c2)c1. The van der Waals surface area contributed by atoms with Crippen LogP contribution in [0.5, 0.6) is 0 Å². The number of carbonyl (C=O) groups excluding carboxylic acids is 1. The molecule has 1 amide bonds. The van der Waals surface area contributed by atoms with Gasteiger partial charge in [-0.3, -0.25) is 4.79 Å². The summed E-state index contributed by atoms with van der Waals surface area (Å²) in [5.41, 5.74) is 9.25. The average Bonchev–Trinajstić information content (AvgIpc) is 2.44. The van der Waals surface area contributed by atoms with Gasteiger partial charge in [0.2, 0.25) is 0 Å². The molecule has 0 aliphatic heterocycles. The monoisotopic (exact) mass is 265 g/mol. The number of nitrogens with two attached hydrogens (primary N) is 1. The highest BCUT2D eigenvalue weighted by Gasteiger charge is 2.06. The first-order valence-corrected chi connectivity index (χ1v) is 6.23. The first kappa shape index (κ1) is 13.6. The number of nitrogens with zero attached hydrogens (tertiary/aromatic N) is 1. The van der Waals surface area contributed by atoms with Crippen LogP contribution in [-0.4, -0.2) is 5.91 Å². The van der Waals surface area contributed by atoms with E-state index in [9.17, 15) is 4.79 Å². The third-order valence-corrected chi connectivity index (χ3v) is 2.87. The lowest BCUT2D eigenvalue weighted by Gasteiger charge is -2.07. The molecule has 20 heavy (non-hydrogen) atoms. The lowest BCUT2D eigenvalue weighted by Crippen LogP contribution is -2.23. The van der Waals surface area contributed by atoms with Crippen LogP contribution in [0.15, 0.2) is 42.5 Å². The number of nitrogen functional groups attached to an aromatic ring is 1. The molecule has 0 aliphatic carbocycles. The number of nitriles is 1. The van der Waals surface area contributed by atoms with E-state index < -0.39 is 0 Å². The maximum Gasteiger partial charge on any atom is 0.251 e. The van der Waals surface area contributed by atoms with Crippen LogP contribution in [-0.2, 0) is 6.54 Å². The number of nitrogens with one attached hydrogen (secondary N) is 1. The van der Waals surface area contributed by atoms with E-state index in [1.165, 1.54) is 0 Å². The molecule has 0 heterocycles. The fourth-order valence-electron chi connectivity index (χ4n) is 1.98. The largest absolute Gasteiger partial charge is 0.399 e. The van der Waals surface area contributed by atoms with Gasteiger partial charge in [0.1, 0.15) is 0 Å². The summed E-state index contributed by atoms with van der Waals surface area (Å²) >= 11 is 0. The molecule has 0 saturated heterocycles. The molecule has 4 heteroatoms. The Kier molecular flexibility index (Phi) is 4.02. The molecule has 0 atom stereocenters. The van der Waals surface area contributed by atoms with Gasteiger partial charge in [-0.05, 0) is 48.4 Å². The number of rotatable bonds is 3. The lowest BCUT2D eigenvalue weighted by molar-refractivity contribution is 0.0951. The van der Waals surface area contributed by atoms with Crippen LogP contribution in [0.2, 0.25) is 0 Å². The standard InChI is InChI=1S/C16H15N3O/c1-11-5-14(8-15(18)6-11)16(20)19-10-13-4-2-3-12(7-13)9-17/h2-8H,10,18H2,1H3,(H,19,20). The smallest absolute Gasteiger partial charge is 0.251 e. The normalized spacial score (nSPS) is 9.80. The van der Waals surface area contributed by atoms with Crippen molar-refractivity contribution in [3.63, 3.8) is 0 Å². The summed E-state index contributed by atoms with van der Waals surface area (Å²) < 4.78 is 0. The van der Waals surface area contributed by atoms with Crippen molar-refractivity contribution >= 4 is 11.6 Å². The fraction of sp³-hybridized carbons (Fsp3) is 0.125. The van der Waals surface area contributed by atoms with Gasteiger partial charge in [0.05, 0.1) is 11.6 Å². The van der Waals surface area contributed by atoms with Gasteiger partial charge in [-0.25, -0.2) is 0 Å². The van der Waals surface area contributed by atoms with Gasteiger partial charge in [0, 0.05) is 17.8 Å². The van der Waals surface area contributed by atoms with Crippen molar-refractivity contribution in [2.24, 2.45) is 0 Å². The second kappa shape index (κ2) is 5.89. The second-order valence-corrected chi connectivity index (χ2v) is 4.63. The van der Waals surface area contributed by atoms with E-state index in [4.69, 9.17) is 11.0 Å². The average molecular weight is 265 g/mol. The van der Waals surface area contributed by atoms with Gasteiger partial charge in [-0.2, -0.15) is 5.26 Å². The van der Waals surface area contributed by atoms with Crippen molar-refractivity contribution in [3.05, 3.63) is 64.7 Å². The first-order chi connectivity index (χ1) is 9.58. The van der Waals surface area contributed by atoms with E-state index in [2.05, 4.69) is 11.4 Å². The number of amides is 1. The molecular weight excluding hydrogens is 250 g/mol. The minimum Gasteiger partial charge on any atom is -0.399 e. The van der Waals surface area contributed by atoms with Crippen LogP contribution in [0.25, 0.3) is 0 Å². The molecule has 0 spiro atoms. The summed E-state index contributed by atoms with van der Waals surface area (Å²) in [6, 6.07) is 14.5. The molecule has 0 aliphatic rings. The Morgan fingerprint density at radius 3 is 2.80 bits per heavy atom. The molecular formula is C16H15N3O. The molecule has 2 aromatic rings. The Balaban J connectivity index is 2.06. The summed E-state index contributed by atoms with van der Waals surface area (Å²) in [5, 5.41) is 11.6. The molecule has 2 aromatic carbocycles. The predicted molar refractivity (Wildman–Crippen MR) is 77.9 cm³/mol. The number of aryl methyl sites for hydroxylation is 1. The quantitative estimate of drug-likeness (QED) is 0.836. The second-order valence-electron chi connectivity index (χ2n) is 4.63.